The van der Waals surface area contributed by atoms with Gasteiger partial charge in [0.1, 0.15) is 6.61 Å². The summed E-state index contributed by atoms with van der Waals surface area (Å²) in [6.07, 6.45) is 1.59. The van der Waals surface area contributed by atoms with Crippen molar-refractivity contribution in [3.05, 3.63) is 48.6 Å². The summed E-state index contributed by atoms with van der Waals surface area (Å²) < 4.78 is 10.4. The van der Waals surface area contributed by atoms with Gasteiger partial charge in [0.25, 0.3) is 0 Å². The Bertz CT molecular complexity index is 489. The van der Waals surface area contributed by atoms with Crippen LogP contribution in [-0.2, 0) is 20.9 Å². The zero-order chi connectivity index (χ0) is 16.9. The van der Waals surface area contributed by atoms with Crippen LogP contribution in [0.2, 0.25) is 0 Å². The Morgan fingerprint density at radius 2 is 2.04 bits per heavy atom. The summed E-state index contributed by atoms with van der Waals surface area (Å²) in [6.45, 7) is 4.77. The predicted octanol–water partition coefficient (Wildman–Crippen LogP) is 2.60. The number of carboxylic acid groups (broad SMARTS) is 1. The summed E-state index contributed by atoms with van der Waals surface area (Å²) in [4.78, 5) is 22.4. The maximum Gasteiger partial charge on any atom is 0.407 e. The van der Waals surface area contributed by atoms with Gasteiger partial charge in [0.15, 0.2) is 0 Å². The van der Waals surface area contributed by atoms with Crippen molar-refractivity contribution in [1.29, 1.82) is 0 Å². The molecule has 1 aromatic carbocycles. The third-order valence-electron chi connectivity index (χ3n) is 3.09. The van der Waals surface area contributed by atoms with Gasteiger partial charge >= 0.3 is 12.1 Å². The first-order valence-electron chi connectivity index (χ1n) is 7.46. The molecule has 2 N–H and O–H groups in total. The van der Waals surface area contributed by atoms with Gasteiger partial charge in [-0.1, -0.05) is 36.4 Å². The van der Waals surface area contributed by atoms with Crippen LogP contribution >= 0.6 is 0 Å². The first kappa shape index (κ1) is 18.7. The van der Waals surface area contributed by atoms with Crippen molar-refractivity contribution in [3.63, 3.8) is 0 Å². The van der Waals surface area contributed by atoms with Crippen molar-refractivity contribution in [2.24, 2.45) is 5.92 Å². The number of alkyl carbamates (subject to hydrolysis) is 1. The fourth-order valence-electron chi connectivity index (χ4n) is 1.96. The molecule has 1 aromatic rings. The molecule has 1 rings (SSSR count). The monoisotopic (exact) mass is 321 g/mol. The van der Waals surface area contributed by atoms with Gasteiger partial charge in [0.2, 0.25) is 0 Å². The molecule has 0 heterocycles. The highest BCUT2D eigenvalue weighted by Gasteiger charge is 2.14. The smallest absolute Gasteiger partial charge is 0.407 e. The molecule has 0 aromatic heterocycles. The van der Waals surface area contributed by atoms with Gasteiger partial charge in [-0.3, -0.25) is 4.79 Å². The largest absolute Gasteiger partial charge is 0.481 e. The zero-order valence-electron chi connectivity index (χ0n) is 13.1. The first-order valence-corrected chi connectivity index (χ1v) is 7.46. The van der Waals surface area contributed by atoms with Crippen molar-refractivity contribution >= 4 is 12.1 Å². The maximum absolute atomic E-state index is 11.6. The third-order valence-corrected chi connectivity index (χ3v) is 3.09. The van der Waals surface area contributed by atoms with Crippen molar-refractivity contribution in [2.75, 3.05) is 19.8 Å². The minimum absolute atomic E-state index is 0.00210. The number of benzene rings is 1. The van der Waals surface area contributed by atoms with E-state index in [1.54, 1.807) is 6.08 Å². The first-order chi connectivity index (χ1) is 11.1. The highest BCUT2D eigenvalue weighted by Crippen LogP contribution is 2.09. The zero-order valence-corrected chi connectivity index (χ0v) is 13.1. The van der Waals surface area contributed by atoms with Gasteiger partial charge in [-0.2, -0.15) is 0 Å². The van der Waals surface area contributed by atoms with Gasteiger partial charge in [-0.25, -0.2) is 4.79 Å². The topological polar surface area (TPSA) is 84.9 Å². The summed E-state index contributed by atoms with van der Waals surface area (Å²) in [5.74, 6) is -1.05. The number of carboxylic acids is 1. The molecule has 0 aliphatic carbocycles. The van der Waals surface area contributed by atoms with E-state index in [9.17, 15) is 9.59 Å². The summed E-state index contributed by atoms with van der Waals surface area (Å²) in [5.41, 5.74) is 0.907. The molecular formula is C17H23NO5. The van der Waals surface area contributed by atoms with Crippen LogP contribution in [0.15, 0.2) is 43.0 Å². The molecule has 0 spiro atoms. The van der Waals surface area contributed by atoms with E-state index in [1.165, 1.54) is 0 Å². The summed E-state index contributed by atoms with van der Waals surface area (Å²) >= 11 is 0. The molecule has 0 aliphatic heterocycles. The fraction of sp³-hybridized carbons (Fsp3) is 0.412. The quantitative estimate of drug-likeness (QED) is 0.483. The Balaban J connectivity index is 2.23. The van der Waals surface area contributed by atoms with E-state index in [0.717, 1.165) is 5.56 Å². The Morgan fingerprint density at radius 3 is 2.70 bits per heavy atom. The van der Waals surface area contributed by atoms with Crippen molar-refractivity contribution in [2.45, 2.75) is 19.4 Å². The van der Waals surface area contributed by atoms with E-state index in [4.69, 9.17) is 14.6 Å². The lowest BCUT2D eigenvalue weighted by Crippen LogP contribution is -2.28. The number of nitrogens with one attached hydrogen (secondary N) is 1. The van der Waals surface area contributed by atoms with Crippen LogP contribution in [0.1, 0.15) is 18.4 Å². The second kappa shape index (κ2) is 11.3. The lowest BCUT2D eigenvalue weighted by molar-refractivity contribution is -0.138. The molecular weight excluding hydrogens is 298 g/mol. The minimum Gasteiger partial charge on any atom is -0.481 e. The van der Waals surface area contributed by atoms with Gasteiger partial charge in [-0.05, 0) is 17.9 Å². The Morgan fingerprint density at radius 1 is 1.30 bits per heavy atom. The Kier molecular flexibility index (Phi) is 9.16. The minimum atomic E-state index is -0.885. The van der Waals surface area contributed by atoms with Crippen LogP contribution in [0, 0.1) is 5.92 Å². The van der Waals surface area contributed by atoms with E-state index < -0.39 is 12.1 Å². The van der Waals surface area contributed by atoms with Crippen molar-refractivity contribution in [3.8, 4) is 0 Å². The fourth-order valence-corrected chi connectivity index (χ4v) is 1.96. The second-order valence-electron chi connectivity index (χ2n) is 5.07. The van der Waals surface area contributed by atoms with Crippen LogP contribution in [0.3, 0.4) is 0 Å². The number of amides is 1. The van der Waals surface area contributed by atoms with Crippen molar-refractivity contribution < 1.29 is 24.2 Å². The maximum atomic E-state index is 11.6. The SMILES string of the molecule is C=CCOC[C@@H](CCNC(=O)OCc1ccccc1)CC(=O)O. The van der Waals surface area contributed by atoms with Gasteiger partial charge in [-0.15, -0.1) is 6.58 Å². The van der Waals surface area contributed by atoms with E-state index >= 15 is 0 Å². The highest BCUT2D eigenvalue weighted by atomic mass is 16.5. The average Bonchev–Trinajstić information content (AvgIpc) is 2.53. The Labute approximate surface area is 136 Å². The molecule has 126 valence electrons. The van der Waals surface area contributed by atoms with E-state index in [-0.39, 0.29) is 18.9 Å². The molecule has 1 atom stereocenters. The number of hydrogen-bond acceptors (Lipinski definition) is 4. The van der Waals surface area contributed by atoms with E-state index in [1.807, 2.05) is 30.3 Å². The molecule has 23 heavy (non-hydrogen) atoms. The van der Waals surface area contributed by atoms with Crippen LogP contribution in [0.4, 0.5) is 4.79 Å². The molecule has 0 unspecified atom stereocenters. The second-order valence-corrected chi connectivity index (χ2v) is 5.07. The normalized spacial score (nSPS) is 11.5. The number of aliphatic carboxylic acids is 1. The van der Waals surface area contributed by atoms with Crippen LogP contribution in [0.25, 0.3) is 0 Å². The van der Waals surface area contributed by atoms with Crippen LogP contribution in [-0.4, -0.2) is 36.9 Å². The van der Waals surface area contributed by atoms with Crippen molar-refractivity contribution in [1.82, 2.24) is 5.32 Å². The number of carbonyl (C=O) groups is 2. The molecule has 0 saturated carbocycles. The number of hydrogen-bond donors (Lipinski definition) is 2. The predicted molar refractivity (Wildman–Crippen MR) is 86.0 cm³/mol. The third kappa shape index (κ3) is 9.31. The summed E-state index contributed by atoms with van der Waals surface area (Å²) in [7, 11) is 0. The van der Waals surface area contributed by atoms with Crippen LogP contribution < -0.4 is 5.32 Å². The lowest BCUT2D eigenvalue weighted by atomic mass is 10.0. The molecule has 0 radical (unpaired) electrons. The van der Waals surface area contributed by atoms with E-state index in [2.05, 4.69) is 11.9 Å². The molecule has 0 saturated heterocycles. The molecule has 0 bridgehead atoms. The average molecular weight is 321 g/mol. The summed E-state index contributed by atoms with van der Waals surface area (Å²) in [6, 6.07) is 9.37. The van der Waals surface area contributed by atoms with Gasteiger partial charge < -0.3 is 19.9 Å². The Hall–Kier alpha value is -2.34. The highest BCUT2D eigenvalue weighted by molar-refractivity contribution is 5.67. The van der Waals surface area contributed by atoms with E-state index in [0.29, 0.717) is 26.2 Å². The van der Waals surface area contributed by atoms with Crippen LogP contribution in [0.5, 0.6) is 0 Å². The van der Waals surface area contributed by atoms with Gasteiger partial charge in [0, 0.05) is 6.54 Å². The number of carbonyl (C=O) groups excluding carboxylic acids is 1. The molecule has 6 heteroatoms. The molecule has 0 fully saturated rings. The lowest BCUT2D eigenvalue weighted by Gasteiger charge is -2.15. The standard InChI is InChI=1S/C17H23NO5/c1-2-10-22-12-15(11-16(19)20)8-9-18-17(21)23-13-14-6-4-3-5-7-14/h2-7,15H,1,8-13H2,(H,18,21)(H,19,20)/t15-/m0/s1. The number of ether oxygens (including phenoxy) is 2. The molecule has 1 amide bonds. The van der Waals surface area contributed by atoms with Gasteiger partial charge in [0.05, 0.1) is 19.6 Å². The number of rotatable bonds is 11. The molecule has 0 aliphatic rings. The molecule has 6 nitrogen and oxygen atoms in total. The summed E-state index contributed by atoms with van der Waals surface area (Å²) in [5, 5.41) is 11.5.